The highest BCUT2D eigenvalue weighted by atomic mass is 32.2. The van der Waals surface area contributed by atoms with Crippen LogP contribution in [0.3, 0.4) is 0 Å². The van der Waals surface area contributed by atoms with E-state index in [1.807, 2.05) is 61.5 Å². The molecular formula is C33H41N3O4S. The normalized spacial score (nSPS) is 14.6. The van der Waals surface area contributed by atoms with Crippen LogP contribution in [-0.2, 0) is 32.6 Å². The molecule has 0 spiro atoms. The van der Waals surface area contributed by atoms with Crippen molar-refractivity contribution in [3.8, 4) is 0 Å². The fourth-order valence-corrected chi connectivity index (χ4v) is 6.53. The molecule has 1 aliphatic carbocycles. The van der Waals surface area contributed by atoms with Gasteiger partial charge in [-0.25, -0.2) is 12.7 Å². The Hall–Kier alpha value is -3.49. The first-order valence-corrected chi connectivity index (χ1v) is 15.9. The molecule has 218 valence electrons. The molecule has 0 aliphatic heterocycles. The highest BCUT2D eigenvalue weighted by Gasteiger charge is 2.32. The second kappa shape index (κ2) is 14.4. The van der Waals surface area contributed by atoms with Crippen molar-refractivity contribution in [2.45, 2.75) is 75.4 Å². The molecule has 0 saturated heterocycles. The number of nitrogens with zero attached hydrogens (tertiary/aromatic N) is 2. The Morgan fingerprint density at radius 2 is 1.49 bits per heavy atom. The van der Waals surface area contributed by atoms with Crippen molar-refractivity contribution >= 4 is 21.8 Å². The molecule has 0 heterocycles. The van der Waals surface area contributed by atoms with Gasteiger partial charge in [0, 0.05) is 39.0 Å². The molecule has 4 rings (SSSR count). The average molecular weight is 576 g/mol. The number of hydrogen-bond donors (Lipinski definition) is 1. The summed E-state index contributed by atoms with van der Waals surface area (Å²) in [6, 6.07) is 25.5. The van der Waals surface area contributed by atoms with Crippen LogP contribution in [0.5, 0.6) is 0 Å². The van der Waals surface area contributed by atoms with Crippen molar-refractivity contribution in [2.75, 3.05) is 13.6 Å². The molecule has 0 bridgehead atoms. The van der Waals surface area contributed by atoms with Crippen LogP contribution in [0, 0.1) is 6.92 Å². The smallest absolute Gasteiger partial charge is 0.243 e. The lowest BCUT2D eigenvalue weighted by molar-refractivity contribution is -0.141. The van der Waals surface area contributed by atoms with Crippen molar-refractivity contribution in [3.05, 3.63) is 102 Å². The molecule has 0 radical (unpaired) electrons. The Bertz CT molecular complexity index is 1370. The minimum Gasteiger partial charge on any atom is -0.352 e. The minimum absolute atomic E-state index is 0.127. The van der Waals surface area contributed by atoms with E-state index in [9.17, 15) is 18.0 Å². The van der Waals surface area contributed by atoms with E-state index in [2.05, 4.69) is 5.32 Å². The number of carbonyl (C=O) groups is 2. The predicted molar refractivity (Wildman–Crippen MR) is 162 cm³/mol. The van der Waals surface area contributed by atoms with E-state index in [4.69, 9.17) is 0 Å². The summed E-state index contributed by atoms with van der Waals surface area (Å²) in [5.74, 6) is -0.302. The Morgan fingerprint density at radius 1 is 0.878 bits per heavy atom. The summed E-state index contributed by atoms with van der Waals surface area (Å²) in [6.45, 7) is 2.51. The molecule has 1 N–H and O–H groups in total. The van der Waals surface area contributed by atoms with Gasteiger partial charge in [-0.3, -0.25) is 9.59 Å². The lowest BCUT2D eigenvalue weighted by atomic mass is 10.0. The monoisotopic (exact) mass is 575 g/mol. The molecule has 1 saturated carbocycles. The summed E-state index contributed by atoms with van der Waals surface area (Å²) in [5.41, 5.74) is 3.04. The summed E-state index contributed by atoms with van der Waals surface area (Å²) >= 11 is 0. The summed E-state index contributed by atoms with van der Waals surface area (Å²) in [5, 5.41) is 3.22. The summed E-state index contributed by atoms with van der Waals surface area (Å²) in [4.78, 5) is 29.6. The summed E-state index contributed by atoms with van der Waals surface area (Å²) in [6.07, 6.45) is 4.98. The van der Waals surface area contributed by atoms with E-state index < -0.39 is 16.1 Å². The third-order valence-electron chi connectivity index (χ3n) is 7.76. The topological polar surface area (TPSA) is 86.8 Å². The van der Waals surface area contributed by atoms with Gasteiger partial charge in [-0.2, -0.15) is 0 Å². The zero-order valence-electron chi connectivity index (χ0n) is 24.0. The van der Waals surface area contributed by atoms with Gasteiger partial charge < -0.3 is 10.2 Å². The molecule has 1 atom stereocenters. The molecule has 3 aromatic carbocycles. The largest absolute Gasteiger partial charge is 0.352 e. The third-order valence-corrected chi connectivity index (χ3v) is 9.63. The van der Waals surface area contributed by atoms with Crippen LogP contribution >= 0.6 is 0 Å². The number of sulfonamides is 1. The van der Waals surface area contributed by atoms with Gasteiger partial charge in [0.15, 0.2) is 0 Å². The number of benzene rings is 3. The summed E-state index contributed by atoms with van der Waals surface area (Å²) in [7, 11) is -2.12. The van der Waals surface area contributed by atoms with Crippen LogP contribution in [0.25, 0.3) is 0 Å². The van der Waals surface area contributed by atoms with Gasteiger partial charge in [-0.05, 0) is 49.4 Å². The molecule has 1 unspecified atom stereocenters. The average Bonchev–Trinajstić information content (AvgIpc) is 3.49. The van der Waals surface area contributed by atoms with Crippen LogP contribution in [-0.4, -0.2) is 55.1 Å². The van der Waals surface area contributed by atoms with Crippen LogP contribution in [0.15, 0.2) is 89.8 Å². The second-order valence-electron chi connectivity index (χ2n) is 10.9. The van der Waals surface area contributed by atoms with Gasteiger partial charge in [-0.15, -0.1) is 0 Å². The zero-order chi connectivity index (χ0) is 29.2. The van der Waals surface area contributed by atoms with Gasteiger partial charge in [0.1, 0.15) is 6.04 Å². The number of rotatable bonds is 13. The number of nitrogens with one attached hydrogen (secondary N) is 1. The third kappa shape index (κ3) is 8.50. The first-order chi connectivity index (χ1) is 19.7. The standard InChI is InChI=1S/C33H41N3O4S/c1-26-19-21-28(22-20-26)25-36(32(37)18-11-23-35(2)41(39,40)30-16-7-4-8-17-30)31(24-27-12-5-3-6-13-27)33(38)34-29-14-9-10-15-29/h3-8,12-13,16-17,19-22,29,31H,9-11,14-15,18,23-25H2,1-2H3,(H,34,38). The molecule has 3 aromatic rings. The second-order valence-corrected chi connectivity index (χ2v) is 13.0. The highest BCUT2D eigenvalue weighted by Crippen LogP contribution is 2.21. The Balaban J connectivity index is 1.53. The van der Waals surface area contributed by atoms with Crippen molar-refractivity contribution in [2.24, 2.45) is 0 Å². The molecule has 8 heteroatoms. The molecule has 7 nitrogen and oxygen atoms in total. The van der Waals surface area contributed by atoms with Crippen molar-refractivity contribution < 1.29 is 18.0 Å². The fourth-order valence-electron chi connectivity index (χ4n) is 5.30. The SMILES string of the molecule is Cc1ccc(CN(C(=O)CCCN(C)S(=O)(=O)c2ccccc2)C(Cc2ccccc2)C(=O)NC2CCCC2)cc1. The summed E-state index contributed by atoms with van der Waals surface area (Å²) < 4.78 is 27.2. The highest BCUT2D eigenvalue weighted by molar-refractivity contribution is 7.89. The number of carbonyl (C=O) groups excluding carboxylic acids is 2. The first kappa shape index (κ1) is 30.5. The Kier molecular flexibility index (Phi) is 10.7. The minimum atomic E-state index is -3.65. The molecule has 0 aromatic heterocycles. The fraction of sp³-hybridized carbons (Fsp3) is 0.394. The van der Waals surface area contributed by atoms with E-state index in [0.717, 1.165) is 42.4 Å². The Labute approximate surface area is 244 Å². The number of amides is 2. The number of hydrogen-bond acceptors (Lipinski definition) is 4. The van der Waals surface area contributed by atoms with E-state index in [1.165, 1.54) is 11.4 Å². The van der Waals surface area contributed by atoms with Crippen LogP contribution in [0.4, 0.5) is 0 Å². The van der Waals surface area contributed by atoms with Crippen molar-refractivity contribution in [1.82, 2.24) is 14.5 Å². The van der Waals surface area contributed by atoms with Crippen molar-refractivity contribution in [1.29, 1.82) is 0 Å². The molecule has 1 aliphatic rings. The van der Waals surface area contributed by atoms with Gasteiger partial charge in [0.2, 0.25) is 21.8 Å². The van der Waals surface area contributed by atoms with E-state index in [-0.39, 0.29) is 35.7 Å². The van der Waals surface area contributed by atoms with Gasteiger partial charge >= 0.3 is 0 Å². The molecular weight excluding hydrogens is 534 g/mol. The number of aryl methyl sites for hydroxylation is 1. The molecule has 1 fully saturated rings. The lowest BCUT2D eigenvalue weighted by Crippen LogP contribution is -2.52. The van der Waals surface area contributed by atoms with Crippen LogP contribution in [0.2, 0.25) is 0 Å². The maximum atomic E-state index is 13.9. The Morgan fingerprint density at radius 3 is 2.12 bits per heavy atom. The van der Waals surface area contributed by atoms with Crippen molar-refractivity contribution in [3.63, 3.8) is 0 Å². The van der Waals surface area contributed by atoms with Crippen LogP contribution in [0.1, 0.15) is 55.2 Å². The maximum Gasteiger partial charge on any atom is 0.243 e. The van der Waals surface area contributed by atoms with Crippen LogP contribution < -0.4 is 5.32 Å². The lowest BCUT2D eigenvalue weighted by Gasteiger charge is -2.32. The van der Waals surface area contributed by atoms with Gasteiger partial charge in [0.05, 0.1) is 4.90 Å². The molecule has 2 amide bonds. The molecule has 41 heavy (non-hydrogen) atoms. The first-order valence-electron chi connectivity index (χ1n) is 14.4. The van der Waals surface area contributed by atoms with Gasteiger partial charge in [-0.1, -0.05) is 91.2 Å². The zero-order valence-corrected chi connectivity index (χ0v) is 24.9. The van der Waals surface area contributed by atoms with E-state index in [1.54, 1.807) is 35.2 Å². The quantitative estimate of drug-likeness (QED) is 0.308. The maximum absolute atomic E-state index is 13.9. The van der Waals surface area contributed by atoms with Gasteiger partial charge in [0.25, 0.3) is 0 Å². The predicted octanol–water partition coefficient (Wildman–Crippen LogP) is 5.09. The van der Waals surface area contributed by atoms with E-state index >= 15 is 0 Å². The van der Waals surface area contributed by atoms with E-state index in [0.29, 0.717) is 19.4 Å².